The molecule has 0 atom stereocenters. The predicted molar refractivity (Wildman–Crippen MR) is 71.3 cm³/mol. The third kappa shape index (κ3) is 2.71. The Kier molecular flexibility index (Phi) is 3.76. The molecule has 2 aromatic heterocycles. The molecule has 0 aliphatic heterocycles. The number of nitrogens with zero attached hydrogens (tertiary/aromatic N) is 3. The number of hydrogen-bond acceptors (Lipinski definition) is 4. The van der Waals surface area contributed by atoms with Gasteiger partial charge in [0.1, 0.15) is 5.69 Å². The minimum absolute atomic E-state index is 0.0321. The Morgan fingerprint density at radius 1 is 1.37 bits per heavy atom. The quantitative estimate of drug-likeness (QED) is 0.933. The van der Waals surface area contributed by atoms with Gasteiger partial charge in [-0.15, -0.1) is 0 Å². The molecule has 2 aromatic rings. The van der Waals surface area contributed by atoms with Gasteiger partial charge in [0.05, 0.1) is 16.3 Å². The van der Waals surface area contributed by atoms with Gasteiger partial charge in [-0.2, -0.15) is 0 Å². The smallest absolute Gasteiger partial charge is 0.339 e. The van der Waals surface area contributed by atoms with E-state index in [1.54, 1.807) is 18.3 Å². The summed E-state index contributed by atoms with van der Waals surface area (Å²) in [4.78, 5) is 23.6. The number of hydrogen-bond donors (Lipinski definition) is 1. The fraction of sp³-hybridized carbons (Fsp3) is 0.231. The molecule has 2 heterocycles. The minimum atomic E-state index is -1.04. The molecule has 0 radical (unpaired) electrons. The SMILES string of the molecule is CC(C)c1nc(-c2ncccc2Cl)ncc1C(=O)O. The predicted octanol–water partition coefficient (Wildman–Crippen LogP) is 3.01. The molecule has 0 unspecified atom stereocenters. The van der Waals surface area contributed by atoms with Crippen molar-refractivity contribution in [2.45, 2.75) is 19.8 Å². The van der Waals surface area contributed by atoms with Crippen LogP contribution >= 0.6 is 11.6 Å². The highest BCUT2D eigenvalue weighted by atomic mass is 35.5. The fourth-order valence-corrected chi connectivity index (χ4v) is 1.87. The van der Waals surface area contributed by atoms with Crippen molar-refractivity contribution in [2.75, 3.05) is 0 Å². The molecule has 1 N–H and O–H groups in total. The molecule has 2 rings (SSSR count). The molecule has 19 heavy (non-hydrogen) atoms. The summed E-state index contributed by atoms with van der Waals surface area (Å²) >= 11 is 6.03. The molecule has 0 saturated carbocycles. The summed E-state index contributed by atoms with van der Waals surface area (Å²) in [6, 6.07) is 3.40. The zero-order chi connectivity index (χ0) is 14.0. The molecule has 98 valence electrons. The number of carboxylic acids is 1. The first-order valence-electron chi connectivity index (χ1n) is 5.71. The molecule has 0 fully saturated rings. The molecule has 0 aliphatic rings. The number of carboxylic acid groups (broad SMARTS) is 1. The summed E-state index contributed by atoms with van der Waals surface area (Å²) in [5.74, 6) is -0.739. The van der Waals surface area contributed by atoms with Gasteiger partial charge in [-0.05, 0) is 18.1 Å². The van der Waals surface area contributed by atoms with Gasteiger partial charge in [0, 0.05) is 12.4 Å². The van der Waals surface area contributed by atoms with Gasteiger partial charge in [-0.1, -0.05) is 25.4 Å². The Morgan fingerprint density at radius 3 is 2.68 bits per heavy atom. The van der Waals surface area contributed by atoms with Gasteiger partial charge in [0.25, 0.3) is 0 Å². The van der Waals surface area contributed by atoms with Crippen LogP contribution in [0.15, 0.2) is 24.5 Å². The maximum Gasteiger partial charge on any atom is 0.339 e. The normalized spacial score (nSPS) is 10.7. The monoisotopic (exact) mass is 277 g/mol. The van der Waals surface area contributed by atoms with Crippen LogP contribution < -0.4 is 0 Å². The molecule has 0 saturated heterocycles. The van der Waals surface area contributed by atoms with Crippen LogP contribution in [-0.2, 0) is 0 Å². The van der Waals surface area contributed by atoms with Gasteiger partial charge >= 0.3 is 5.97 Å². The third-order valence-corrected chi connectivity index (χ3v) is 2.87. The lowest BCUT2D eigenvalue weighted by Crippen LogP contribution is -2.09. The van der Waals surface area contributed by atoms with Gasteiger partial charge in [-0.3, -0.25) is 4.98 Å². The van der Waals surface area contributed by atoms with E-state index in [-0.39, 0.29) is 11.5 Å². The Labute approximate surface area is 115 Å². The highest BCUT2D eigenvalue weighted by Gasteiger charge is 2.18. The van der Waals surface area contributed by atoms with E-state index in [1.807, 2.05) is 13.8 Å². The van der Waals surface area contributed by atoms with E-state index in [0.29, 0.717) is 22.2 Å². The average Bonchev–Trinajstić information content (AvgIpc) is 2.38. The van der Waals surface area contributed by atoms with Crippen LogP contribution in [0, 0.1) is 0 Å². The second kappa shape index (κ2) is 5.32. The largest absolute Gasteiger partial charge is 0.478 e. The number of halogens is 1. The van der Waals surface area contributed by atoms with Crippen molar-refractivity contribution < 1.29 is 9.90 Å². The lowest BCUT2D eigenvalue weighted by atomic mass is 10.1. The molecule has 0 aliphatic carbocycles. The Balaban J connectivity index is 2.59. The molecule has 0 bridgehead atoms. The van der Waals surface area contributed by atoms with Crippen LogP contribution in [0.25, 0.3) is 11.5 Å². The topological polar surface area (TPSA) is 76.0 Å². The lowest BCUT2D eigenvalue weighted by molar-refractivity contribution is 0.0694. The molecule has 0 spiro atoms. The summed E-state index contributed by atoms with van der Waals surface area (Å²) in [5.41, 5.74) is 1.02. The van der Waals surface area contributed by atoms with Crippen LogP contribution in [0.2, 0.25) is 5.02 Å². The first-order valence-corrected chi connectivity index (χ1v) is 6.09. The van der Waals surface area contributed by atoms with E-state index in [9.17, 15) is 4.79 Å². The minimum Gasteiger partial charge on any atom is -0.478 e. The van der Waals surface area contributed by atoms with Crippen molar-refractivity contribution in [3.63, 3.8) is 0 Å². The van der Waals surface area contributed by atoms with Crippen molar-refractivity contribution in [3.8, 4) is 11.5 Å². The maximum absolute atomic E-state index is 11.1. The first kappa shape index (κ1) is 13.4. The maximum atomic E-state index is 11.1. The average molecular weight is 278 g/mol. The zero-order valence-electron chi connectivity index (χ0n) is 10.5. The second-order valence-electron chi connectivity index (χ2n) is 4.29. The molecular weight excluding hydrogens is 266 g/mol. The van der Waals surface area contributed by atoms with Gasteiger partial charge in [0.2, 0.25) is 0 Å². The van der Waals surface area contributed by atoms with E-state index < -0.39 is 5.97 Å². The number of rotatable bonds is 3. The molecule has 0 aromatic carbocycles. The molecule has 0 amide bonds. The number of aromatic carboxylic acids is 1. The van der Waals surface area contributed by atoms with Crippen molar-refractivity contribution >= 4 is 17.6 Å². The van der Waals surface area contributed by atoms with Crippen LogP contribution in [0.5, 0.6) is 0 Å². The summed E-state index contributed by atoms with van der Waals surface area (Å²) < 4.78 is 0. The van der Waals surface area contributed by atoms with E-state index in [0.717, 1.165) is 0 Å². The molecular formula is C13H12ClN3O2. The van der Waals surface area contributed by atoms with Gasteiger partial charge < -0.3 is 5.11 Å². The van der Waals surface area contributed by atoms with Crippen molar-refractivity contribution in [3.05, 3.63) is 40.8 Å². The summed E-state index contributed by atoms with van der Waals surface area (Å²) in [6.45, 7) is 3.75. The zero-order valence-corrected chi connectivity index (χ0v) is 11.2. The van der Waals surface area contributed by atoms with Crippen LogP contribution in [0.1, 0.15) is 35.8 Å². The molecule has 6 heteroatoms. The van der Waals surface area contributed by atoms with Gasteiger partial charge in [-0.25, -0.2) is 14.8 Å². The highest BCUT2D eigenvalue weighted by Crippen LogP contribution is 2.24. The van der Waals surface area contributed by atoms with Crippen molar-refractivity contribution in [1.82, 2.24) is 15.0 Å². The Hall–Kier alpha value is -2.01. The number of carbonyl (C=O) groups is 1. The summed E-state index contributed by atoms with van der Waals surface area (Å²) in [6.07, 6.45) is 2.88. The standard InChI is InChI=1S/C13H12ClN3O2/c1-7(2)10-8(13(18)19)6-16-12(17-10)11-9(14)4-3-5-15-11/h3-7H,1-2H3,(H,18,19). The first-order chi connectivity index (χ1) is 9.00. The van der Waals surface area contributed by atoms with E-state index in [2.05, 4.69) is 15.0 Å². The van der Waals surface area contributed by atoms with Gasteiger partial charge in [0.15, 0.2) is 5.82 Å². The number of pyridine rings is 1. The van der Waals surface area contributed by atoms with Crippen molar-refractivity contribution in [1.29, 1.82) is 0 Å². The summed E-state index contributed by atoms with van der Waals surface area (Å²) in [5, 5.41) is 9.54. The second-order valence-corrected chi connectivity index (χ2v) is 4.69. The summed E-state index contributed by atoms with van der Waals surface area (Å²) in [7, 11) is 0. The lowest BCUT2D eigenvalue weighted by Gasteiger charge is -2.10. The van der Waals surface area contributed by atoms with Crippen LogP contribution in [0.4, 0.5) is 0 Å². The highest BCUT2D eigenvalue weighted by molar-refractivity contribution is 6.32. The Bertz CT molecular complexity index is 629. The molecule has 5 nitrogen and oxygen atoms in total. The third-order valence-electron chi connectivity index (χ3n) is 2.57. The van der Waals surface area contributed by atoms with E-state index in [4.69, 9.17) is 16.7 Å². The van der Waals surface area contributed by atoms with Crippen molar-refractivity contribution in [2.24, 2.45) is 0 Å². The Morgan fingerprint density at radius 2 is 2.11 bits per heavy atom. The van der Waals surface area contributed by atoms with Crippen LogP contribution in [-0.4, -0.2) is 26.0 Å². The number of aromatic nitrogens is 3. The fourth-order valence-electron chi connectivity index (χ4n) is 1.66. The van der Waals surface area contributed by atoms with Crippen LogP contribution in [0.3, 0.4) is 0 Å². The van der Waals surface area contributed by atoms with E-state index >= 15 is 0 Å². The van der Waals surface area contributed by atoms with E-state index in [1.165, 1.54) is 6.20 Å².